The van der Waals surface area contributed by atoms with E-state index in [9.17, 15) is 14.0 Å². The number of anilines is 1. The second kappa shape index (κ2) is 7.61. The lowest BCUT2D eigenvalue weighted by atomic mass is 10.2. The summed E-state index contributed by atoms with van der Waals surface area (Å²) in [7, 11) is 0. The highest BCUT2D eigenvalue weighted by Crippen LogP contribution is 2.25. The monoisotopic (exact) mass is 396 g/mol. The second-order valence-corrected chi connectivity index (χ2v) is 6.68. The number of carbonyl (C=O) groups is 2. The summed E-state index contributed by atoms with van der Waals surface area (Å²) in [5, 5.41) is 5.43. The van der Waals surface area contributed by atoms with Crippen LogP contribution in [0, 0.1) is 5.82 Å². The Labute approximate surface area is 162 Å². The molecule has 4 rings (SSSR count). The zero-order valence-electron chi connectivity index (χ0n) is 14.3. The van der Waals surface area contributed by atoms with Crippen molar-refractivity contribution < 1.29 is 23.1 Å². The number of nitrogens with one attached hydrogen (secondary N) is 1. The average molecular weight is 396 g/mol. The Morgan fingerprint density at radius 3 is 2.71 bits per heavy atom. The van der Waals surface area contributed by atoms with E-state index in [2.05, 4.69) is 10.3 Å². The van der Waals surface area contributed by atoms with E-state index in [1.54, 1.807) is 35.7 Å². The average Bonchev–Trinajstić information content (AvgIpc) is 3.33. The van der Waals surface area contributed by atoms with E-state index in [1.807, 2.05) is 12.1 Å². The number of furan rings is 1. The van der Waals surface area contributed by atoms with Crippen molar-refractivity contribution in [3.8, 4) is 11.3 Å². The lowest BCUT2D eigenvalue weighted by Gasteiger charge is -2.02. The largest absolute Gasteiger partial charge is 0.450 e. The highest BCUT2D eigenvalue weighted by molar-refractivity contribution is 7.14. The molecule has 0 bridgehead atoms. The van der Waals surface area contributed by atoms with Crippen molar-refractivity contribution in [2.24, 2.45) is 0 Å². The van der Waals surface area contributed by atoms with Gasteiger partial charge in [-0.2, -0.15) is 0 Å². The van der Waals surface area contributed by atoms with E-state index in [0.29, 0.717) is 16.4 Å². The number of aromatic nitrogens is 1. The van der Waals surface area contributed by atoms with Crippen LogP contribution in [-0.2, 0) is 9.53 Å². The third-order valence-electron chi connectivity index (χ3n) is 3.85. The van der Waals surface area contributed by atoms with Crippen LogP contribution in [0.5, 0.6) is 0 Å². The molecule has 0 unspecified atom stereocenters. The van der Waals surface area contributed by atoms with Crippen LogP contribution in [0.15, 0.2) is 64.4 Å². The molecule has 4 aromatic rings. The van der Waals surface area contributed by atoms with Crippen LogP contribution in [0.25, 0.3) is 22.2 Å². The van der Waals surface area contributed by atoms with E-state index < -0.39 is 18.5 Å². The Kier molecular flexibility index (Phi) is 4.86. The Morgan fingerprint density at radius 2 is 1.93 bits per heavy atom. The van der Waals surface area contributed by atoms with Gasteiger partial charge in [0, 0.05) is 16.3 Å². The van der Waals surface area contributed by atoms with Gasteiger partial charge in [-0.3, -0.25) is 10.1 Å². The number of amides is 1. The van der Waals surface area contributed by atoms with Crippen LogP contribution in [0.2, 0.25) is 0 Å². The minimum Gasteiger partial charge on any atom is -0.450 e. The summed E-state index contributed by atoms with van der Waals surface area (Å²) in [6.45, 7) is -0.471. The summed E-state index contributed by atoms with van der Waals surface area (Å²) >= 11 is 1.21. The topological polar surface area (TPSA) is 81.4 Å². The molecule has 2 aromatic heterocycles. The predicted molar refractivity (Wildman–Crippen MR) is 103 cm³/mol. The molecule has 0 aliphatic heterocycles. The zero-order chi connectivity index (χ0) is 19.5. The number of para-hydroxylation sites is 1. The van der Waals surface area contributed by atoms with Crippen LogP contribution in [0.1, 0.15) is 10.6 Å². The van der Waals surface area contributed by atoms with E-state index in [1.165, 1.54) is 23.5 Å². The van der Waals surface area contributed by atoms with Gasteiger partial charge in [0.15, 0.2) is 11.7 Å². The first kappa shape index (κ1) is 17.9. The number of fused-ring (bicyclic) bond motifs is 1. The van der Waals surface area contributed by atoms with Gasteiger partial charge in [0.1, 0.15) is 11.4 Å². The van der Waals surface area contributed by atoms with Crippen LogP contribution in [-0.4, -0.2) is 23.5 Å². The highest BCUT2D eigenvalue weighted by Gasteiger charge is 2.16. The van der Waals surface area contributed by atoms with E-state index in [4.69, 9.17) is 9.15 Å². The first-order chi connectivity index (χ1) is 13.6. The van der Waals surface area contributed by atoms with Gasteiger partial charge in [-0.25, -0.2) is 14.2 Å². The van der Waals surface area contributed by atoms with Crippen molar-refractivity contribution in [3.05, 3.63) is 71.6 Å². The van der Waals surface area contributed by atoms with Crippen LogP contribution in [0.3, 0.4) is 0 Å². The number of hydrogen-bond donors (Lipinski definition) is 1. The van der Waals surface area contributed by atoms with Gasteiger partial charge < -0.3 is 9.15 Å². The zero-order valence-corrected chi connectivity index (χ0v) is 15.2. The maximum atomic E-state index is 13.0. The van der Waals surface area contributed by atoms with Crippen LogP contribution < -0.4 is 5.32 Å². The van der Waals surface area contributed by atoms with Crippen molar-refractivity contribution in [2.75, 3.05) is 11.9 Å². The van der Waals surface area contributed by atoms with Gasteiger partial charge in [0.2, 0.25) is 5.76 Å². The maximum absolute atomic E-state index is 13.0. The number of halogens is 1. The number of esters is 1. The molecule has 0 atom stereocenters. The molecule has 2 aromatic carbocycles. The van der Waals surface area contributed by atoms with Crippen molar-refractivity contribution in [2.45, 2.75) is 0 Å². The number of rotatable bonds is 5. The molecular formula is C20H13FN2O4S. The molecule has 8 heteroatoms. The number of nitrogens with zero attached hydrogens (tertiary/aromatic N) is 1. The van der Waals surface area contributed by atoms with Gasteiger partial charge in [0.05, 0.1) is 5.69 Å². The number of benzene rings is 2. The quantitative estimate of drug-likeness (QED) is 0.503. The molecule has 0 saturated carbocycles. The Balaban J connectivity index is 1.34. The number of thiazole rings is 1. The summed E-state index contributed by atoms with van der Waals surface area (Å²) in [6.07, 6.45) is 0. The van der Waals surface area contributed by atoms with Crippen molar-refractivity contribution in [1.29, 1.82) is 0 Å². The van der Waals surface area contributed by atoms with Gasteiger partial charge >= 0.3 is 5.97 Å². The van der Waals surface area contributed by atoms with E-state index >= 15 is 0 Å². The SMILES string of the molecule is O=C(COC(=O)c1cc2ccccc2o1)Nc1nc(-c2ccc(F)cc2)cs1. The molecule has 0 fully saturated rings. The predicted octanol–water partition coefficient (Wildman–Crippen LogP) is 4.49. The number of ether oxygens (including phenoxy) is 1. The van der Waals surface area contributed by atoms with E-state index in [0.717, 1.165) is 10.9 Å². The Morgan fingerprint density at radius 1 is 1.14 bits per heavy atom. The minimum atomic E-state index is -0.725. The maximum Gasteiger partial charge on any atom is 0.374 e. The lowest BCUT2D eigenvalue weighted by molar-refractivity contribution is -0.119. The van der Waals surface area contributed by atoms with Crippen molar-refractivity contribution in [1.82, 2.24) is 4.98 Å². The molecule has 0 aliphatic rings. The van der Waals surface area contributed by atoms with Gasteiger partial charge in [0.25, 0.3) is 5.91 Å². The Bertz CT molecular complexity index is 1120. The molecule has 0 aliphatic carbocycles. The first-order valence-corrected chi connectivity index (χ1v) is 9.13. The normalized spacial score (nSPS) is 10.8. The summed E-state index contributed by atoms with van der Waals surface area (Å²) in [5.74, 6) is -1.55. The summed E-state index contributed by atoms with van der Waals surface area (Å²) < 4.78 is 23.4. The fourth-order valence-corrected chi connectivity index (χ4v) is 3.26. The lowest BCUT2D eigenvalue weighted by Crippen LogP contribution is -2.20. The highest BCUT2D eigenvalue weighted by atomic mass is 32.1. The molecule has 1 N–H and O–H groups in total. The van der Waals surface area contributed by atoms with Gasteiger partial charge in [-0.05, 0) is 36.4 Å². The van der Waals surface area contributed by atoms with Crippen LogP contribution >= 0.6 is 11.3 Å². The first-order valence-electron chi connectivity index (χ1n) is 8.25. The third-order valence-corrected chi connectivity index (χ3v) is 4.61. The van der Waals surface area contributed by atoms with Crippen LogP contribution in [0.4, 0.5) is 9.52 Å². The van der Waals surface area contributed by atoms with Crippen molar-refractivity contribution in [3.63, 3.8) is 0 Å². The minimum absolute atomic E-state index is 0.0295. The smallest absolute Gasteiger partial charge is 0.374 e. The molecular weight excluding hydrogens is 383 g/mol. The fourth-order valence-electron chi connectivity index (χ4n) is 2.52. The third kappa shape index (κ3) is 3.91. The molecule has 2 heterocycles. The molecule has 0 saturated heterocycles. The Hall–Kier alpha value is -3.52. The molecule has 6 nitrogen and oxygen atoms in total. The number of carbonyl (C=O) groups excluding carboxylic acids is 2. The molecule has 0 radical (unpaired) electrons. The molecule has 28 heavy (non-hydrogen) atoms. The number of hydrogen-bond acceptors (Lipinski definition) is 6. The molecule has 140 valence electrons. The summed E-state index contributed by atoms with van der Waals surface area (Å²) in [5.41, 5.74) is 1.91. The summed E-state index contributed by atoms with van der Waals surface area (Å²) in [6, 6.07) is 14.6. The molecule has 1 amide bonds. The van der Waals surface area contributed by atoms with Gasteiger partial charge in [-0.1, -0.05) is 18.2 Å². The van der Waals surface area contributed by atoms with E-state index in [-0.39, 0.29) is 11.6 Å². The van der Waals surface area contributed by atoms with Crippen molar-refractivity contribution >= 4 is 39.3 Å². The fraction of sp³-hybridized carbons (Fsp3) is 0.0500. The second-order valence-electron chi connectivity index (χ2n) is 5.82. The molecule has 0 spiro atoms. The van der Waals surface area contributed by atoms with Gasteiger partial charge in [-0.15, -0.1) is 11.3 Å². The standard InChI is InChI=1S/C20H13FN2O4S/c21-14-7-5-12(6-8-14)15-11-28-20(22-15)23-18(24)10-26-19(25)17-9-13-3-1-2-4-16(13)27-17/h1-9,11H,10H2,(H,22,23,24). The summed E-state index contributed by atoms with van der Waals surface area (Å²) in [4.78, 5) is 28.3.